The van der Waals surface area contributed by atoms with Gasteiger partial charge in [0, 0.05) is 0 Å². The predicted octanol–water partition coefficient (Wildman–Crippen LogP) is 1.79. The quantitative estimate of drug-likeness (QED) is 0.508. The first-order chi connectivity index (χ1) is 3.93. The third-order valence-corrected chi connectivity index (χ3v) is 0.961. The Hall–Kier alpha value is -0.500. The van der Waals surface area contributed by atoms with Crippen molar-refractivity contribution >= 4 is 0 Å². The van der Waals surface area contributed by atoms with Crippen LogP contribution in [0, 0.1) is 6.10 Å². The molecule has 0 aromatic carbocycles. The summed E-state index contributed by atoms with van der Waals surface area (Å²) in [6.45, 7) is 2.10. The van der Waals surface area contributed by atoms with Gasteiger partial charge in [-0.1, -0.05) is 13.3 Å². The van der Waals surface area contributed by atoms with Gasteiger partial charge in [0.1, 0.15) is 6.26 Å². The Morgan fingerprint density at radius 2 is 2.50 bits per heavy atom. The van der Waals surface area contributed by atoms with Crippen LogP contribution >= 0.6 is 0 Å². The van der Waals surface area contributed by atoms with Crippen LogP contribution in [0.15, 0.2) is 12.3 Å². The summed E-state index contributed by atoms with van der Waals surface area (Å²) >= 11 is 0. The molecular formula is C6H9O2. The Kier molecular flexibility index (Phi) is 1.92. The Morgan fingerprint density at radius 1 is 1.62 bits per heavy atom. The molecule has 1 rings (SSSR count). The lowest BCUT2D eigenvalue weighted by atomic mass is 10.2. The fourth-order valence-corrected chi connectivity index (χ4v) is 0.592. The van der Waals surface area contributed by atoms with Crippen LogP contribution in [0.5, 0.6) is 0 Å². The Labute approximate surface area is 49.0 Å². The Morgan fingerprint density at radius 3 is 3.00 bits per heavy atom. The van der Waals surface area contributed by atoms with Crippen LogP contribution in [0.4, 0.5) is 0 Å². The molecule has 0 aromatic heterocycles. The van der Waals surface area contributed by atoms with E-state index in [9.17, 15) is 0 Å². The van der Waals surface area contributed by atoms with Crippen LogP contribution in [-0.2, 0) is 9.78 Å². The topological polar surface area (TPSA) is 18.5 Å². The van der Waals surface area contributed by atoms with Gasteiger partial charge in [-0.15, -0.1) is 0 Å². The average molecular weight is 113 g/mol. The van der Waals surface area contributed by atoms with E-state index in [4.69, 9.17) is 4.89 Å². The monoisotopic (exact) mass is 113 g/mol. The van der Waals surface area contributed by atoms with E-state index in [-0.39, 0.29) is 0 Å². The molecule has 2 heteroatoms. The Balaban J connectivity index is 2.16. The first-order valence-corrected chi connectivity index (χ1v) is 2.79. The molecule has 1 radical (unpaired) electrons. The summed E-state index contributed by atoms with van der Waals surface area (Å²) in [6, 6.07) is 0. The second-order valence-electron chi connectivity index (χ2n) is 1.70. The molecule has 8 heavy (non-hydrogen) atoms. The van der Waals surface area contributed by atoms with Gasteiger partial charge < -0.3 is 4.89 Å². The molecule has 0 aliphatic carbocycles. The van der Waals surface area contributed by atoms with Crippen molar-refractivity contribution in [1.29, 1.82) is 0 Å². The van der Waals surface area contributed by atoms with Crippen molar-refractivity contribution in [2.45, 2.75) is 19.8 Å². The summed E-state index contributed by atoms with van der Waals surface area (Å²) in [6.07, 6.45) is 6.38. The molecule has 0 fully saturated rings. The van der Waals surface area contributed by atoms with Crippen LogP contribution in [-0.4, -0.2) is 0 Å². The molecule has 0 spiro atoms. The van der Waals surface area contributed by atoms with E-state index in [1.807, 2.05) is 6.08 Å². The lowest BCUT2D eigenvalue weighted by molar-refractivity contribution is -0.218. The van der Waals surface area contributed by atoms with E-state index < -0.39 is 0 Å². The van der Waals surface area contributed by atoms with E-state index in [1.165, 1.54) is 0 Å². The molecule has 1 heterocycles. The molecule has 2 nitrogen and oxygen atoms in total. The minimum atomic E-state index is 0.924. The second kappa shape index (κ2) is 2.72. The highest BCUT2D eigenvalue weighted by molar-refractivity contribution is 5.01. The maximum Gasteiger partial charge on any atom is 0.173 e. The van der Waals surface area contributed by atoms with Gasteiger partial charge in [0.2, 0.25) is 0 Å². The van der Waals surface area contributed by atoms with E-state index >= 15 is 0 Å². The van der Waals surface area contributed by atoms with Crippen molar-refractivity contribution in [1.82, 2.24) is 0 Å². The van der Waals surface area contributed by atoms with Crippen molar-refractivity contribution in [3.63, 3.8) is 0 Å². The zero-order valence-corrected chi connectivity index (χ0v) is 4.89. The number of hydrogen-bond donors (Lipinski definition) is 0. The average Bonchev–Trinajstić information content (AvgIpc) is 2.19. The summed E-state index contributed by atoms with van der Waals surface area (Å²) < 4.78 is 0. The summed E-state index contributed by atoms with van der Waals surface area (Å²) in [4.78, 5) is 9.19. The van der Waals surface area contributed by atoms with Crippen LogP contribution in [0.25, 0.3) is 0 Å². The maximum atomic E-state index is 4.70. The lowest BCUT2D eigenvalue weighted by Crippen LogP contribution is -1.90. The number of rotatable bonds is 2. The van der Waals surface area contributed by atoms with Crippen LogP contribution in [0.2, 0.25) is 0 Å². The van der Waals surface area contributed by atoms with Crippen molar-refractivity contribution in [3.8, 4) is 0 Å². The predicted molar refractivity (Wildman–Crippen MR) is 29.5 cm³/mol. The second-order valence-corrected chi connectivity index (χ2v) is 1.70. The normalized spacial score (nSPS) is 19.1. The van der Waals surface area contributed by atoms with E-state index in [2.05, 4.69) is 11.8 Å². The molecule has 0 saturated carbocycles. The van der Waals surface area contributed by atoms with E-state index in [1.54, 1.807) is 6.26 Å². The summed E-state index contributed by atoms with van der Waals surface area (Å²) in [5, 5.41) is 0. The minimum Gasteiger partial charge on any atom is -0.345 e. The zero-order valence-electron chi connectivity index (χ0n) is 4.89. The fraction of sp³-hybridized carbons (Fsp3) is 0.500. The van der Waals surface area contributed by atoms with Crippen LogP contribution < -0.4 is 0 Å². The van der Waals surface area contributed by atoms with Crippen molar-refractivity contribution in [3.05, 3.63) is 18.4 Å². The van der Waals surface area contributed by atoms with Gasteiger partial charge in [0.25, 0.3) is 0 Å². The Bertz CT molecular complexity index is 88.5. The SMILES string of the molecule is CCC[C]1C=COO1. The zero-order chi connectivity index (χ0) is 5.82. The molecular weight excluding hydrogens is 104 g/mol. The third-order valence-electron chi connectivity index (χ3n) is 0.961. The van der Waals surface area contributed by atoms with Gasteiger partial charge in [-0.3, -0.25) is 0 Å². The van der Waals surface area contributed by atoms with E-state index in [0.29, 0.717) is 0 Å². The smallest absolute Gasteiger partial charge is 0.173 e. The fourth-order valence-electron chi connectivity index (χ4n) is 0.592. The number of hydrogen-bond acceptors (Lipinski definition) is 2. The molecule has 0 N–H and O–H groups in total. The lowest BCUT2D eigenvalue weighted by Gasteiger charge is -1.98. The van der Waals surface area contributed by atoms with Gasteiger partial charge in [-0.05, 0) is 12.5 Å². The van der Waals surface area contributed by atoms with Crippen molar-refractivity contribution in [2.24, 2.45) is 0 Å². The molecule has 0 atom stereocenters. The van der Waals surface area contributed by atoms with Gasteiger partial charge in [-0.2, -0.15) is 4.89 Å². The van der Waals surface area contributed by atoms with Gasteiger partial charge in [0.15, 0.2) is 6.10 Å². The molecule has 0 amide bonds. The highest BCUT2D eigenvalue weighted by Gasteiger charge is 2.10. The highest BCUT2D eigenvalue weighted by Crippen LogP contribution is 2.17. The highest BCUT2D eigenvalue weighted by atomic mass is 17.2. The first-order valence-electron chi connectivity index (χ1n) is 2.79. The summed E-state index contributed by atoms with van der Waals surface area (Å²) in [7, 11) is 0. The molecule has 1 aliphatic heterocycles. The van der Waals surface area contributed by atoms with Crippen LogP contribution in [0.1, 0.15) is 19.8 Å². The third kappa shape index (κ3) is 1.23. The molecule has 0 bridgehead atoms. The van der Waals surface area contributed by atoms with Crippen LogP contribution in [0.3, 0.4) is 0 Å². The molecule has 45 valence electrons. The van der Waals surface area contributed by atoms with Crippen molar-refractivity contribution in [2.75, 3.05) is 0 Å². The largest absolute Gasteiger partial charge is 0.345 e. The summed E-state index contributed by atoms with van der Waals surface area (Å²) in [5.41, 5.74) is 0. The van der Waals surface area contributed by atoms with Gasteiger partial charge in [0.05, 0.1) is 0 Å². The first kappa shape index (κ1) is 5.63. The molecule has 0 aromatic rings. The standard InChI is InChI=1S/C6H9O2/c1-2-3-6-4-5-7-8-6/h4-5H,2-3H2,1H3. The van der Waals surface area contributed by atoms with Gasteiger partial charge >= 0.3 is 0 Å². The van der Waals surface area contributed by atoms with Crippen molar-refractivity contribution < 1.29 is 9.78 Å². The molecule has 1 aliphatic rings. The maximum absolute atomic E-state index is 4.70. The van der Waals surface area contributed by atoms with E-state index in [0.717, 1.165) is 18.9 Å². The molecule has 0 saturated heterocycles. The van der Waals surface area contributed by atoms with Gasteiger partial charge in [-0.25, -0.2) is 0 Å². The molecule has 0 unspecified atom stereocenters. The minimum absolute atomic E-state index is 0.924. The summed E-state index contributed by atoms with van der Waals surface area (Å²) in [5.74, 6) is 0.